The first kappa shape index (κ1) is 28.5. The van der Waals surface area contributed by atoms with E-state index in [-0.39, 0.29) is 30.8 Å². The Morgan fingerprint density at radius 3 is 2.30 bits per heavy atom. The molecule has 2 amide bonds. The van der Waals surface area contributed by atoms with Crippen LogP contribution in [0.5, 0.6) is 5.75 Å². The molecule has 2 atom stereocenters. The fraction of sp³-hybridized carbons (Fsp3) is 0.333. The van der Waals surface area contributed by atoms with E-state index in [9.17, 15) is 9.59 Å². The predicted molar refractivity (Wildman–Crippen MR) is 150 cm³/mol. The van der Waals surface area contributed by atoms with Crippen molar-refractivity contribution in [3.8, 4) is 5.75 Å². The Morgan fingerprint density at radius 2 is 1.65 bits per heavy atom. The first-order valence-electron chi connectivity index (χ1n) is 12.6. The smallest absolute Gasteiger partial charge is 0.243 e. The molecule has 0 aliphatic carbocycles. The van der Waals surface area contributed by atoms with Gasteiger partial charge in [-0.15, -0.1) is 0 Å². The molecule has 5 nitrogen and oxygen atoms in total. The first-order valence-corrected chi connectivity index (χ1v) is 13.4. The van der Waals surface area contributed by atoms with Crippen LogP contribution in [-0.2, 0) is 22.6 Å². The SMILES string of the molecule is CC[C@H](C)NC(=O)[C@H](Cc1ccccc1)N(Cc1ccc(Cl)cc1Cl)C(=O)CCCOc1ccccc1. The van der Waals surface area contributed by atoms with Crippen LogP contribution in [0.4, 0.5) is 0 Å². The summed E-state index contributed by atoms with van der Waals surface area (Å²) in [6, 6.07) is 23.7. The van der Waals surface area contributed by atoms with E-state index < -0.39 is 6.04 Å². The van der Waals surface area contributed by atoms with Crippen LogP contribution in [-0.4, -0.2) is 35.4 Å². The van der Waals surface area contributed by atoms with Crippen LogP contribution in [0.25, 0.3) is 0 Å². The summed E-state index contributed by atoms with van der Waals surface area (Å²) < 4.78 is 5.77. The summed E-state index contributed by atoms with van der Waals surface area (Å²) >= 11 is 12.6. The molecule has 196 valence electrons. The average molecular weight is 542 g/mol. The van der Waals surface area contributed by atoms with Crippen LogP contribution in [0.3, 0.4) is 0 Å². The normalized spacial score (nSPS) is 12.4. The molecule has 0 radical (unpaired) electrons. The minimum Gasteiger partial charge on any atom is -0.494 e. The zero-order chi connectivity index (χ0) is 26.6. The van der Waals surface area contributed by atoms with Crippen molar-refractivity contribution in [2.75, 3.05) is 6.61 Å². The molecule has 0 aliphatic heterocycles. The minimum absolute atomic E-state index is 0.0129. The van der Waals surface area contributed by atoms with E-state index in [1.807, 2.05) is 74.5 Å². The molecule has 37 heavy (non-hydrogen) atoms. The molecule has 0 spiro atoms. The summed E-state index contributed by atoms with van der Waals surface area (Å²) in [6.07, 6.45) is 1.93. The summed E-state index contributed by atoms with van der Waals surface area (Å²) in [5.74, 6) is 0.440. The number of nitrogens with one attached hydrogen (secondary N) is 1. The van der Waals surface area contributed by atoms with Crippen molar-refractivity contribution in [3.05, 3.63) is 100 Å². The zero-order valence-electron chi connectivity index (χ0n) is 21.3. The van der Waals surface area contributed by atoms with Gasteiger partial charge in [-0.25, -0.2) is 0 Å². The number of carbonyl (C=O) groups is 2. The van der Waals surface area contributed by atoms with Gasteiger partial charge >= 0.3 is 0 Å². The van der Waals surface area contributed by atoms with Crippen molar-refractivity contribution in [2.24, 2.45) is 0 Å². The molecule has 3 aromatic carbocycles. The third-order valence-electron chi connectivity index (χ3n) is 6.17. The summed E-state index contributed by atoms with van der Waals surface area (Å²) in [4.78, 5) is 28.8. The molecule has 0 saturated carbocycles. The Balaban J connectivity index is 1.84. The highest BCUT2D eigenvalue weighted by molar-refractivity contribution is 6.35. The Bertz CT molecular complexity index is 1140. The van der Waals surface area contributed by atoms with Gasteiger partial charge in [-0.2, -0.15) is 0 Å². The number of para-hydroxylation sites is 1. The Kier molecular flexibility index (Phi) is 11.3. The van der Waals surface area contributed by atoms with E-state index >= 15 is 0 Å². The van der Waals surface area contributed by atoms with Crippen molar-refractivity contribution >= 4 is 35.0 Å². The van der Waals surface area contributed by atoms with Gasteiger partial charge in [0, 0.05) is 35.5 Å². The largest absolute Gasteiger partial charge is 0.494 e. The van der Waals surface area contributed by atoms with Gasteiger partial charge in [0.15, 0.2) is 0 Å². The maximum atomic E-state index is 13.6. The average Bonchev–Trinajstić information content (AvgIpc) is 2.90. The standard InChI is InChI=1S/C30H34Cl2N2O3/c1-3-22(2)33-30(36)28(19-23-11-6-4-7-12-23)34(21-24-16-17-25(31)20-27(24)32)29(35)15-10-18-37-26-13-8-5-9-14-26/h4-9,11-14,16-17,20,22,28H,3,10,15,18-19,21H2,1-2H3,(H,33,36)/t22-,28-/m0/s1. The number of ether oxygens (including phenoxy) is 1. The Labute approximate surface area is 229 Å². The van der Waals surface area contributed by atoms with Gasteiger partial charge in [-0.1, -0.05) is 84.7 Å². The molecular formula is C30H34Cl2N2O3. The van der Waals surface area contributed by atoms with E-state index in [1.54, 1.807) is 23.1 Å². The van der Waals surface area contributed by atoms with E-state index in [4.69, 9.17) is 27.9 Å². The van der Waals surface area contributed by atoms with Gasteiger partial charge in [0.25, 0.3) is 0 Å². The van der Waals surface area contributed by atoms with Gasteiger partial charge in [0.05, 0.1) is 6.61 Å². The number of amides is 2. The van der Waals surface area contributed by atoms with Crippen LogP contribution in [0.2, 0.25) is 10.0 Å². The number of nitrogens with zero attached hydrogens (tertiary/aromatic N) is 1. The van der Waals surface area contributed by atoms with Crippen molar-refractivity contribution in [1.29, 1.82) is 0 Å². The van der Waals surface area contributed by atoms with Crippen molar-refractivity contribution in [2.45, 2.75) is 58.2 Å². The lowest BCUT2D eigenvalue weighted by Crippen LogP contribution is -2.52. The van der Waals surface area contributed by atoms with Crippen LogP contribution in [0.15, 0.2) is 78.9 Å². The quantitative estimate of drug-likeness (QED) is 0.245. The topological polar surface area (TPSA) is 58.6 Å². The van der Waals surface area contributed by atoms with Crippen LogP contribution >= 0.6 is 23.2 Å². The molecule has 0 aliphatic rings. The molecule has 0 fully saturated rings. The second-order valence-electron chi connectivity index (χ2n) is 9.05. The molecule has 7 heteroatoms. The molecule has 0 unspecified atom stereocenters. The maximum absolute atomic E-state index is 13.6. The molecule has 1 N–H and O–H groups in total. The van der Waals surface area contributed by atoms with E-state index in [1.165, 1.54) is 0 Å². The minimum atomic E-state index is -0.703. The maximum Gasteiger partial charge on any atom is 0.243 e. The molecule has 0 bridgehead atoms. The van der Waals surface area contributed by atoms with E-state index in [0.717, 1.165) is 23.3 Å². The number of benzene rings is 3. The molecular weight excluding hydrogens is 507 g/mol. The predicted octanol–water partition coefficient (Wildman–Crippen LogP) is 6.71. The Hall–Kier alpha value is -3.02. The van der Waals surface area contributed by atoms with Gasteiger partial charge in [-0.05, 0) is 55.2 Å². The summed E-state index contributed by atoms with van der Waals surface area (Å²) in [6.45, 7) is 4.56. The van der Waals surface area contributed by atoms with Crippen LogP contribution < -0.4 is 10.1 Å². The van der Waals surface area contributed by atoms with Gasteiger partial charge < -0.3 is 15.0 Å². The highest BCUT2D eigenvalue weighted by Crippen LogP contribution is 2.25. The van der Waals surface area contributed by atoms with Crippen LogP contribution in [0.1, 0.15) is 44.2 Å². The van der Waals surface area contributed by atoms with Crippen molar-refractivity contribution in [3.63, 3.8) is 0 Å². The van der Waals surface area contributed by atoms with E-state index in [2.05, 4.69) is 5.32 Å². The lowest BCUT2D eigenvalue weighted by molar-refractivity contribution is -0.141. The molecule has 0 heterocycles. The van der Waals surface area contributed by atoms with Crippen molar-refractivity contribution in [1.82, 2.24) is 10.2 Å². The number of hydrogen-bond acceptors (Lipinski definition) is 3. The highest BCUT2D eigenvalue weighted by Gasteiger charge is 2.31. The first-order chi connectivity index (χ1) is 17.9. The van der Waals surface area contributed by atoms with Crippen LogP contribution in [0, 0.1) is 0 Å². The van der Waals surface area contributed by atoms with Gasteiger partial charge in [0.1, 0.15) is 11.8 Å². The fourth-order valence-corrected chi connectivity index (χ4v) is 4.37. The Morgan fingerprint density at radius 1 is 0.973 bits per heavy atom. The summed E-state index contributed by atoms with van der Waals surface area (Å²) in [5, 5.41) is 4.04. The lowest BCUT2D eigenvalue weighted by Gasteiger charge is -2.32. The van der Waals surface area contributed by atoms with Gasteiger partial charge in [0.2, 0.25) is 11.8 Å². The molecule has 3 aromatic rings. The molecule has 0 saturated heterocycles. The van der Waals surface area contributed by atoms with E-state index in [0.29, 0.717) is 29.5 Å². The lowest BCUT2D eigenvalue weighted by atomic mass is 10.0. The number of halogens is 2. The van der Waals surface area contributed by atoms with Gasteiger partial charge in [-0.3, -0.25) is 9.59 Å². The second kappa shape index (κ2) is 14.7. The fourth-order valence-electron chi connectivity index (χ4n) is 3.90. The van der Waals surface area contributed by atoms with Crippen molar-refractivity contribution < 1.29 is 14.3 Å². The number of rotatable bonds is 13. The number of carbonyl (C=O) groups excluding carboxylic acids is 2. The summed E-state index contributed by atoms with van der Waals surface area (Å²) in [7, 11) is 0. The highest BCUT2D eigenvalue weighted by atomic mass is 35.5. The summed E-state index contributed by atoms with van der Waals surface area (Å²) in [5.41, 5.74) is 1.70. The third kappa shape index (κ3) is 9.10. The second-order valence-corrected chi connectivity index (χ2v) is 9.89. The molecule has 0 aromatic heterocycles. The third-order valence-corrected chi connectivity index (χ3v) is 6.76. The number of hydrogen-bond donors (Lipinski definition) is 1. The monoisotopic (exact) mass is 540 g/mol. The molecule has 3 rings (SSSR count). The zero-order valence-corrected chi connectivity index (χ0v) is 22.8.